The van der Waals surface area contributed by atoms with Crippen LogP contribution in [0.25, 0.3) is 0 Å². The number of fused-ring (bicyclic) bond motifs is 1. The second kappa shape index (κ2) is 8.22. The molecule has 3 rings (SSSR count). The second-order valence-electron chi connectivity index (χ2n) is 7.04. The average molecular weight is 366 g/mol. The first-order chi connectivity index (χ1) is 13.0. The zero-order valence-electron chi connectivity index (χ0n) is 16.0. The summed E-state index contributed by atoms with van der Waals surface area (Å²) in [6, 6.07) is 13.6. The quantitative estimate of drug-likeness (QED) is 0.779. The van der Waals surface area contributed by atoms with Crippen molar-refractivity contribution < 1.29 is 9.59 Å². The summed E-state index contributed by atoms with van der Waals surface area (Å²) < 4.78 is 0. The lowest BCUT2D eigenvalue weighted by Crippen LogP contribution is -2.39. The number of hydrogen-bond donors (Lipinski definition) is 3. The topological polar surface area (TPSA) is 73.5 Å². The fourth-order valence-electron chi connectivity index (χ4n) is 3.25. The zero-order valence-corrected chi connectivity index (χ0v) is 16.0. The molecule has 1 aliphatic heterocycles. The summed E-state index contributed by atoms with van der Waals surface area (Å²) in [4.78, 5) is 26.2. The van der Waals surface area contributed by atoms with Gasteiger partial charge in [0.05, 0.1) is 11.3 Å². The van der Waals surface area contributed by atoms with Crippen LogP contribution in [-0.2, 0) is 6.42 Å². The molecule has 0 aromatic heterocycles. The van der Waals surface area contributed by atoms with Gasteiger partial charge < -0.3 is 20.9 Å². The Morgan fingerprint density at radius 2 is 1.96 bits per heavy atom. The number of hydrogen-bond acceptors (Lipinski definition) is 3. The zero-order chi connectivity index (χ0) is 19.4. The van der Waals surface area contributed by atoms with E-state index in [1.807, 2.05) is 25.1 Å². The third-order valence-electron chi connectivity index (χ3n) is 4.75. The molecule has 3 amide bonds. The van der Waals surface area contributed by atoms with Crippen molar-refractivity contribution in [2.45, 2.75) is 19.4 Å². The number of nitrogens with one attached hydrogen (secondary N) is 3. The fraction of sp³-hybridized carbons (Fsp3) is 0.333. The number of aryl methyl sites for hydroxylation is 1. The monoisotopic (exact) mass is 366 g/mol. The maximum absolute atomic E-state index is 12.8. The van der Waals surface area contributed by atoms with Crippen molar-refractivity contribution >= 4 is 17.6 Å². The molecule has 0 saturated carbocycles. The van der Waals surface area contributed by atoms with Gasteiger partial charge in [0.15, 0.2) is 0 Å². The highest BCUT2D eigenvalue weighted by Gasteiger charge is 2.21. The molecule has 2 aromatic rings. The van der Waals surface area contributed by atoms with E-state index in [0.29, 0.717) is 17.8 Å². The van der Waals surface area contributed by atoms with E-state index in [0.717, 1.165) is 18.5 Å². The number of anilines is 1. The van der Waals surface area contributed by atoms with Gasteiger partial charge in [0.25, 0.3) is 5.91 Å². The number of amides is 3. The fourth-order valence-corrected chi connectivity index (χ4v) is 3.25. The van der Waals surface area contributed by atoms with E-state index in [1.54, 1.807) is 26.2 Å². The molecule has 0 fully saturated rings. The van der Waals surface area contributed by atoms with Gasteiger partial charge in [-0.05, 0) is 43.1 Å². The van der Waals surface area contributed by atoms with Gasteiger partial charge in [-0.2, -0.15) is 0 Å². The van der Waals surface area contributed by atoms with Gasteiger partial charge in [0.2, 0.25) is 0 Å². The van der Waals surface area contributed by atoms with Crippen LogP contribution in [0.5, 0.6) is 0 Å². The molecule has 6 nitrogen and oxygen atoms in total. The number of carbonyl (C=O) groups excluding carboxylic acids is 2. The Hall–Kier alpha value is -2.86. The van der Waals surface area contributed by atoms with Crippen molar-refractivity contribution in [2.24, 2.45) is 0 Å². The molecular formula is C21H26N4O2. The molecule has 3 N–H and O–H groups in total. The minimum atomic E-state index is -0.268. The molecule has 27 heavy (non-hydrogen) atoms. The molecule has 1 unspecified atom stereocenters. The van der Waals surface area contributed by atoms with Crippen molar-refractivity contribution in [3.05, 3.63) is 64.7 Å². The van der Waals surface area contributed by atoms with E-state index in [4.69, 9.17) is 0 Å². The van der Waals surface area contributed by atoms with Gasteiger partial charge in [0, 0.05) is 26.7 Å². The minimum Gasteiger partial charge on any atom is -0.350 e. The lowest BCUT2D eigenvalue weighted by Gasteiger charge is -2.27. The van der Waals surface area contributed by atoms with E-state index in [-0.39, 0.29) is 18.0 Å². The molecule has 1 heterocycles. The Morgan fingerprint density at radius 3 is 2.74 bits per heavy atom. The summed E-state index contributed by atoms with van der Waals surface area (Å²) in [6.45, 7) is 3.31. The van der Waals surface area contributed by atoms with Crippen molar-refractivity contribution in [3.8, 4) is 0 Å². The molecule has 0 bridgehead atoms. The summed E-state index contributed by atoms with van der Waals surface area (Å²) in [7, 11) is 3.32. The smallest absolute Gasteiger partial charge is 0.321 e. The first-order valence-corrected chi connectivity index (χ1v) is 9.14. The third kappa shape index (κ3) is 4.46. The number of urea groups is 1. The molecule has 6 heteroatoms. The summed E-state index contributed by atoms with van der Waals surface area (Å²) in [5.74, 6) is -0.197. The number of nitrogens with zero attached hydrogens (tertiary/aromatic N) is 1. The van der Waals surface area contributed by atoms with E-state index in [2.05, 4.69) is 28.1 Å². The van der Waals surface area contributed by atoms with E-state index < -0.39 is 0 Å². The Balaban J connectivity index is 1.73. The van der Waals surface area contributed by atoms with Crippen LogP contribution < -0.4 is 16.0 Å². The van der Waals surface area contributed by atoms with Gasteiger partial charge >= 0.3 is 6.03 Å². The molecule has 0 saturated heterocycles. The molecule has 0 radical (unpaired) electrons. The highest BCUT2D eigenvalue weighted by Crippen LogP contribution is 2.23. The van der Waals surface area contributed by atoms with Gasteiger partial charge in [-0.1, -0.05) is 35.9 Å². The molecule has 1 atom stereocenters. The molecule has 142 valence electrons. The predicted molar refractivity (Wildman–Crippen MR) is 107 cm³/mol. The summed E-state index contributed by atoms with van der Waals surface area (Å²) >= 11 is 0. The lowest BCUT2D eigenvalue weighted by atomic mass is 9.94. The van der Waals surface area contributed by atoms with E-state index in [9.17, 15) is 9.59 Å². The Bertz CT molecular complexity index is 848. The minimum absolute atomic E-state index is 0.0866. The summed E-state index contributed by atoms with van der Waals surface area (Å²) in [6.07, 6.45) is 0.999. The highest BCUT2D eigenvalue weighted by molar-refractivity contribution is 6.03. The van der Waals surface area contributed by atoms with Crippen LogP contribution in [0.3, 0.4) is 0 Å². The molecule has 0 aliphatic carbocycles. The molecule has 2 aromatic carbocycles. The lowest BCUT2D eigenvalue weighted by molar-refractivity contribution is 0.0950. The largest absolute Gasteiger partial charge is 0.350 e. The van der Waals surface area contributed by atoms with Crippen LogP contribution in [-0.4, -0.2) is 44.0 Å². The van der Waals surface area contributed by atoms with Crippen molar-refractivity contribution in [1.82, 2.24) is 15.5 Å². The highest BCUT2D eigenvalue weighted by atomic mass is 16.2. The molecule has 0 spiro atoms. The van der Waals surface area contributed by atoms with Gasteiger partial charge in [0.1, 0.15) is 0 Å². The maximum atomic E-state index is 12.8. The first-order valence-electron chi connectivity index (χ1n) is 9.14. The van der Waals surface area contributed by atoms with Crippen LogP contribution in [0.2, 0.25) is 0 Å². The van der Waals surface area contributed by atoms with Crippen molar-refractivity contribution in [3.63, 3.8) is 0 Å². The summed E-state index contributed by atoms with van der Waals surface area (Å²) in [5.41, 5.74) is 4.49. The SMILES string of the molecule is Cc1ccc(NC(=O)N(C)C)c(C(=O)NCC2NCCc3ccccc32)c1. The van der Waals surface area contributed by atoms with E-state index in [1.165, 1.54) is 16.0 Å². The molecular weight excluding hydrogens is 340 g/mol. The number of carbonyl (C=O) groups is 2. The van der Waals surface area contributed by atoms with Gasteiger partial charge in [-0.15, -0.1) is 0 Å². The standard InChI is InChI=1S/C21H26N4O2/c1-14-8-9-18(24-21(27)25(2)3)17(12-14)20(26)23-13-19-16-7-5-4-6-15(16)10-11-22-19/h4-9,12,19,22H,10-11,13H2,1-3H3,(H,23,26)(H,24,27). The maximum Gasteiger partial charge on any atom is 0.321 e. The normalized spacial score (nSPS) is 15.6. The number of benzene rings is 2. The van der Waals surface area contributed by atoms with Crippen LogP contribution in [0.4, 0.5) is 10.5 Å². The first kappa shape index (κ1) is 18.9. The van der Waals surface area contributed by atoms with E-state index >= 15 is 0 Å². The Labute approximate surface area is 159 Å². The molecule has 1 aliphatic rings. The second-order valence-corrected chi connectivity index (χ2v) is 7.04. The van der Waals surface area contributed by atoms with Crippen LogP contribution >= 0.6 is 0 Å². The van der Waals surface area contributed by atoms with Crippen LogP contribution in [0.15, 0.2) is 42.5 Å². The number of rotatable bonds is 4. The predicted octanol–water partition coefficient (Wildman–Crippen LogP) is 2.71. The Morgan fingerprint density at radius 1 is 1.19 bits per heavy atom. The third-order valence-corrected chi connectivity index (χ3v) is 4.75. The van der Waals surface area contributed by atoms with Crippen molar-refractivity contribution in [2.75, 3.05) is 32.5 Å². The van der Waals surface area contributed by atoms with Crippen LogP contribution in [0.1, 0.15) is 33.1 Å². The summed E-state index contributed by atoms with van der Waals surface area (Å²) in [5, 5.41) is 9.26. The Kier molecular flexibility index (Phi) is 5.76. The van der Waals surface area contributed by atoms with Crippen LogP contribution in [0, 0.1) is 6.92 Å². The van der Waals surface area contributed by atoms with Crippen molar-refractivity contribution in [1.29, 1.82) is 0 Å². The van der Waals surface area contributed by atoms with Gasteiger partial charge in [-0.25, -0.2) is 4.79 Å². The van der Waals surface area contributed by atoms with Gasteiger partial charge in [-0.3, -0.25) is 4.79 Å². The average Bonchev–Trinajstić information content (AvgIpc) is 2.67.